The number of benzene rings is 1. The van der Waals surface area contributed by atoms with Crippen molar-refractivity contribution in [1.29, 1.82) is 0 Å². The zero-order chi connectivity index (χ0) is 10.8. The standard InChI is InChI=1S/C12H15NO2/c1-8-3-2-4-9(5-8)10-6-13-7-11(10)12(14)15/h2-5,10-11,13H,6-7H2,1H3,(H,14,15). The van der Waals surface area contributed by atoms with E-state index >= 15 is 0 Å². The van der Waals surface area contributed by atoms with Crippen molar-refractivity contribution < 1.29 is 9.90 Å². The van der Waals surface area contributed by atoms with Crippen molar-refractivity contribution in [3.05, 3.63) is 35.4 Å². The van der Waals surface area contributed by atoms with E-state index in [2.05, 4.69) is 11.4 Å². The summed E-state index contributed by atoms with van der Waals surface area (Å²) in [6.45, 7) is 3.37. The van der Waals surface area contributed by atoms with Crippen molar-refractivity contribution in [2.24, 2.45) is 5.92 Å². The first-order valence-corrected chi connectivity index (χ1v) is 5.18. The molecule has 0 radical (unpaired) electrons. The van der Waals surface area contributed by atoms with E-state index in [-0.39, 0.29) is 11.8 Å². The number of carboxylic acid groups (broad SMARTS) is 1. The van der Waals surface area contributed by atoms with Crippen LogP contribution in [0.4, 0.5) is 0 Å². The van der Waals surface area contributed by atoms with Crippen molar-refractivity contribution in [1.82, 2.24) is 5.32 Å². The average Bonchev–Trinajstić information content (AvgIpc) is 2.65. The molecule has 0 aromatic heterocycles. The van der Waals surface area contributed by atoms with Gasteiger partial charge in [0.15, 0.2) is 0 Å². The SMILES string of the molecule is Cc1cccc(C2CNCC2C(=O)O)c1. The summed E-state index contributed by atoms with van der Waals surface area (Å²) >= 11 is 0. The van der Waals surface area contributed by atoms with Gasteiger partial charge in [-0.3, -0.25) is 4.79 Å². The molecule has 2 N–H and O–H groups in total. The maximum atomic E-state index is 11.0. The van der Waals surface area contributed by atoms with Crippen LogP contribution >= 0.6 is 0 Å². The molecule has 1 aromatic carbocycles. The van der Waals surface area contributed by atoms with E-state index in [1.54, 1.807) is 0 Å². The molecule has 80 valence electrons. The summed E-state index contributed by atoms with van der Waals surface area (Å²) < 4.78 is 0. The van der Waals surface area contributed by atoms with Crippen molar-refractivity contribution in [3.8, 4) is 0 Å². The molecular formula is C12H15NO2. The van der Waals surface area contributed by atoms with Gasteiger partial charge in [0.25, 0.3) is 0 Å². The number of hydrogen-bond acceptors (Lipinski definition) is 2. The van der Waals surface area contributed by atoms with E-state index in [0.29, 0.717) is 6.54 Å². The highest BCUT2D eigenvalue weighted by atomic mass is 16.4. The van der Waals surface area contributed by atoms with Crippen molar-refractivity contribution in [2.45, 2.75) is 12.8 Å². The monoisotopic (exact) mass is 205 g/mol. The molecule has 0 aliphatic carbocycles. The van der Waals surface area contributed by atoms with Gasteiger partial charge in [0.2, 0.25) is 0 Å². The van der Waals surface area contributed by atoms with Crippen LogP contribution in [0.15, 0.2) is 24.3 Å². The minimum atomic E-state index is -0.702. The normalized spacial score (nSPS) is 25.4. The van der Waals surface area contributed by atoms with E-state index in [1.807, 2.05) is 25.1 Å². The highest BCUT2D eigenvalue weighted by Gasteiger charge is 2.33. The molecule has 1 heterocycles. The second-order valence-corrected chi connectivity index (χ2v) is 4.12. The Morgan fingerprint density at radius 3 is 2.93 bits per heavy atom. The molecule has 0 bridgehead atoms. The summed E-state index contributed by atoms with van der Waals surface area (Å²) in [5.74, 6) is -0.874. The van der Waals surface area contributed by atoms with Crippen LogP contribution in [0, 0.1) is 12.8 Å². The summed E-state index contributed by atoms with van der Waals surface area (Å²) in [7, 11) is 0. The molecule has 0 spiro atoms. The van der Waals surface area contributed by atoms with Crippen LogP contribution in [0.3, 0.4) is 0 Å². The number of aryl methyl sites for hydroxylation is 1. The Morgan fingerprint density at radius 1 is 1.47 bits per heavy atom. The van der Waals surface area contributed by atoms with Gasteiger partial charge in [0, 0.05) is 19.0 Å². The zero-order valence-electron chi connectivity index (χ0n) is 8.73. The molecule has 1 saturated heterocycles. The van der Waals surface area contributed by atoms with Gasteiger partial charge in [-0.2, -0.15) is 0 Å². The van der Waals surface area contributed by atoms with Gasteiger partial charge in [-0.1, -0.05) is 29.8 Å². The number of rotatable bonds is 2. The zero-order valence-corrected chi connectivity index (χ0v) is 8.73. The summed E-state index contributed by atoms with van der Waals surface area (Å²) in [6.07, 6.45) is 0. The largest absolute Gasteiger partial charge is 0.481 e. The lowest BCUT2D eigenvalue weighted by molar-refractivity contribution is -0.141. The van der Waals surface area contributed by atoms with Crippen LogP contribution in [0.2, 0.25) is 0 Å². The van der Waals surface area contributed by atoms with Crippen LogP contribution in [0.1, 0.15) is 17.0 Å². The maximum Gasteiger partial charge on any atom is 0.308 e. The lowest BCUT2D eigenvalue weighted by Crippen LogP contribution is -2.21. The number of hydrogen-bond donors (Lipinski definition) is 2. The van der Waals surface area contributed by atoms with Crippen LogP contribution in [0.5, 0.6) is 0 Å². The molecule has 1 aliphatic rings. The Labute approximate surface area is 89.1 Å². The summed E-state index contributed by atoms with van der Waals surface area (Å²) in [5, 5.41) is 12.2. The molecule has 1 aromatic rings. The summed E-state index contributed by atoms with van der Waals surface area (Å²) in [4.78, 5) is 11.0. The molecule has 2 unspecified atom stereocenters. The Kier molecular flexibility index (Phi) is 2.73. The molecular weight excluding hydrogens is 190 g/mol. The number of carboxylic acids is 1. The molecule has 3 heteroatoms. The van der Waals surface area contributed by atoms with Crippen LogP contribution in [-0.2, 0) is 4.79 Å². The first kappa shape index (κ1) is 10.2. The van der Waals surface area contributed by atoms with Crippen molar-refractivity contribution >= 4 is 5.97 Å². The van der Waals surface area contributed by atoms with E-state index in [1.165, 1.54) is 5.56 Å². The molecule has 0 saturated carbocycles. The lowest BCUT2D eigenvalue weighted by Gasteiger charge is -2.15. The fraction of sp³-hybridized carbons (Fsp3) is 0.417. The van der Waals surface area contributed by atoms with Crippen molar-refractivity contribution in [2.75, 3.05) is 13.1 Å². The molecule has 0 amide bonds. The number of nitrogens with one attached hydrogen (secondary N) is 1. The van der Waals surface area contributed by atoms with Crippen LogP contribution in [0.25, 0.3) is 0 Å². The van der Waals surface area contributed by atoms with E-state index < -0.39 is 5.97 Å². The van der Waals surface area contributed by atoms with Gasteiger partial charge in [-0.05, 0) is 12.5 Å². The number of carbonyl (C=O) groups is 1. The van der Waals surface area contributed by atoms with E-state index in [4.69, 9.17) is 5.11 Å². The Morgan fingerprint density at radius 2 is 2.27 bits per heavy atom. The quantitative estimate of drug-likeness (QED) is 0.767. The third kappa shape index (κ3) is 2.02. The summed E-state index contributed by atoms with van der Waals surface area (Å²) in [6, 6.07) is 8.11. The first-order chi connectivity index (χ1) is 7.18. The second kappa shape index (κ2) is 4.03. The van der Waals surface area contributed by atoms with Gasteiger partial charge in [-0.15, -0.1) is 0 Å². The summed E-state index contributed by atoms with van der Waals surface area (Å²) in [5.41, 5.74) is 2.32. The van der Waals surface area contributed by atoms with E-state index in [0.717, 1.165) is 12.1 Å². The van der Waals surface area contributed by atoms with Gasteiger partial charge < -0.3 is 10.4 Å². The third-order valence-corrected chi connectivity index (χ3v) is 3.00. The second-order valence-electron chi connectivity index (χ2n) is 4.12. The van der Waals surface area contributed by atoms with Gasteiger partial charge in [-0.25, -0.2) is 0 Å². The molecule has 1 fully saturated rings. The maximum absolute atomic E-state index is 11.0. The average molecular weight is 205 g/mol. The lowest BCUT2D eigenvalue weighted by atomic mass is 9.88. The highest BCUT2D eigenvalue weighted by Crippen LogP contribution is 2.28. The topological polar surface area (TPSA) is 49.3 Å². The fourth-order valence-electron chi connectivity index (χ4n) is 2.19. The number of aliphatic carboxylic acids is 1. The molecule has 2 rings (SSSR count). The molecule has 3 nitrogen and oxygen atoms in total. The first-order valence-electron chi connectivity index (χ1n) is 5.18. The fourth-order valence-corrected chi connectivity index (χ4v) is 2.19. The molecule has 2 atom stereocenters. The minimum Gasteiger partial charge on any atom is -0.481 e. The highest BCUT2D eigenvalue weighted by molar-refractivity contribution is 5.72. The predicted molar refractivity (Wildman–Crippen MR) is 57.9 cm³/mol. The predicted octanol–water partition coefficient (Wildman–Crippen LogP) is 1.38. The Balaban J connectivity index is 2.26. The molecule has 1 aliphatic heterocycles. The van der Waals surface area contributed by atoms with Crippen LogP contribution < -0.4 is 5.32 Å². The van der Waals surface area contributed by atoms with E-state index in [9.17, 15) is 4.79 Å². The Bertz CT molecular complexity index is 376. The minimum absolute atomic E-state index is 0.113. The smallest absolute Gasteiger partial charge is 0.308 e. The Hall–Kier alpha value is -1.35. The van der Waals surface area contributed by atoms with Crippen LogP contribution in [-0.4, -0.2) is 24.2 Å². The van der Waals surface area contributed by atoms with Gasteiger partial charge in [0.1, 0.15) is 0 Å². The third-order valence-electron chi connectivity index (χ3n) is 3.00. The van der Waals surface area contributed by atoms with Gasteiger partial charge >= 0.3 is 5.97 Å². The van der Waals surface area contributed by atoms with Crippen molar-refractivity contribution in [3.63, 3.8) is 0 Å². The molecule has 15 heavy (non-hydrogen) atoms. The van der Waals surface area contributed by atoms with Gasteiger partial charge in [0.05, 0.1) is 5.92 Å².